The van der Waals surface area contributed by atoms with Crippen molar-refractivity contribution >= 4 is 21.8 Å². The highest BCUT2D eigenvalue weighted by molar-refractivity contribution is 9.10. The number of benzene rings is 1. The number of likely N-dealkylation sites (tertiary alicyclic amines) is 1. The van der Waals surface area contributed by atoms with Gasteiger partial charge in [-0.05, 0) is 23.6 Å². The minimum atomic E-state index is 0.280. The third-order valence-electron chi connectivity index (χ3n) is 2.67. The van der Waals surface area contributed by atoms with Gasteiger partial charge in [0.25, 0.3) is 0 Å². The summed E-state index contributed by atoms with van der Waals surface area (Å²) in [4.78, 5) is 13.5. The third-order valence-corrected chi connectivity index (χ3v) is 3.16. The molecular weight excluding hydrogens is 254 g/mol. The number of halogens is 1. The molecule has 2 rings (SSSR count). The smallest absolute Gasteiger partial charge is 0.223 e. The molecule has 1 amide bonds. The van der Waals surface area contributed by atoms with Crippen LogP contribution in [0.4, 0.5) is 0 Å². The van der Waals surface area contributed by atoms with Gasteiger partial charge in [0.1, 0.15) is 0 Å². The highest BCUT2D eigenvalue weighted by Gasteiger charge is 2.25. The lowest BCUT2D eigenvalue weighted by molar-refractivity contribution is -0.128. The molecule has 0 saturated carbocycles. The fourth-order valence-electron chi connectivity index (χ4n) is 1.98. The van der Waals surface area contributed by atoms with Crippen molar-refractivity contribution in [2.75, 3.05) is 6.54 Å². The predicted octanol–water partition coefficient (Wildman–Crippen LogP) is 2.82. The summed E-state index contributed by atoms with van der Waals surface area (Å²) < 4.78 is 1.07. The van der Waals surface area contributed by atoms with Crippen LogP contribution in [0.5, 0.6) is 0 Å². The summed E-state index contributed by atoms with van der Waals surface area (Å²) in [7, 11) is 0. The molecule has 1 fully saturated rings. The van der Waals surface area contributed by atoms with Crippen LogP contribution >= 0.6 is 15.9 Å². The van der Waals surface area contributed by atoms with Crippen LogP contribution in [0.2, 0.25) is 0 Å². The van der Waals surface area contributed by atoms with E-state index in [1.165, 1.54) is 5.56 Å². The average Bonchev–Trinajstić information content (AvgIpc) is 2.45. The zero-order valence-corrected chi connectivity index (χ0v) is 10.3. The average molecular weight is 268 g/mol. The second kappa shape index (κ2) is 4.35. The Hall–Kier alpha value is -0.830. The molecule has 0 N–H and O–H groups in total. The van der Waals surface area contributed by atoms with Gasteiger partial charge in [-0.2, -0.15) is 0 Å². The van der Waals surface area contributed by atoms with Crippen molar-refractivity contribution in [3.05, 3.63) is 34.3 Å². The van der Waals surface area contributed by atoms with Gasteiger partial charge >= 0.3 is 0 Å². The maximum absolute atomic E-state index is 11.6. The number of hydrogen-bond acceptors (Lipinski definition) is 1. The van der Waals surface area contributed by atoms with E-state index in [0.29, 0.717) is 12.3 Å². The molecule has 0 spiro atoms. The predicted molar refractivity (Wildman–Crippen MR) is 63.3 cm³/mol. The molecule has 1 aromatic rings. The first-order valence-electron chi connectivity index (χ1n) is 5.17. The first-order chi connectivity index (χ1) is 7.15. The van der Waals surface area contributed by atoms with E-state index in [4.69, 9.17) is 0 Å². The van der Waals surface area contributed by atoms with Crippen LogP contribution in [0.3, 0.4) is 0 Å². The lowest BCUT2D eigenvalue weighted by atomic mass is 10.2. The van der Waals surface area contributed by atoms with Gasteiger partial charge in [0.2, 0.25) is 5.91 Å². The van der Waals surface area contributed by atoms with Crippen molar-refractivity contribution in [1.29, 1.82) is 0 Å². The van der Waals surface area contributed by atoms with Gasteiger partial charge in [-0.15, -0.1) is 0 Å². The molecule has 1 aromatic carbocycles. The van der Waals surface area contributed by atoms with Crippen LogP contribution in [0, 0.1) is 5.92 Å². The number of hydrogen-bond donors (Lipinski definition) is 0. The molecule has 0 aromatic heterocycles. The Labute approximate surface area is 98.4 Å². The monoisotopic (exact) mass is 267 g/mol. The van der Waals surface area contributed by atoms with Crippen LogP contribution < -0.4 is 0 Å². The summed E-state index contributed by atoms with van der Waals surface area (Å²) in [6, 6.07) is 8.12. The van der Waals surface area contributed by atoms with Crippen LogP contribution in [0.1, 0.15) is 18.9 Å². The quantitative estimate of drug-likeness (QED) is 0.807. The van der Waals surface area contributed by atoms with Crippen LogP contribution in [0.15, 0.2) is 28.7 Å². The van der Waals surface area contributed by atoms with Gasteiger partial charge in [-0.3, -0.25) is 4.79 Å². The maximum atomic E-state index is 11.6. The van der Waals surface area contributed by atoms with E-state index in [9.17, 15) is 4.79 Å². The summed E-state index contributed by atoms with van der Waals surface area (Å²) in [6.45, 7) is 3.76. The number of carbonyl (C=O) groups is 1. The molecule has 1 aliphatic heterocycles. The van der Waals surface area contributed by atoms with Gasteiger partial charge in [0, 0.05) is 24.0 Å². The summed E-state index contributed by atoms with van der Waals surface area (Å²) in [6.07, 6.45) is 0.702. The van der Waals surface area contributed by atoms with E-state index in [0.717, 1.165) is 17.6 Å². The van der Waals surface area contributed by atoms with E-state index < -0.39 is 0 Å². The van der Waals surface area contributed by atoms with Crippen molar-refractivity contribution in [1.82, 2.24) is 4.90 Å². The molecule has 2 nitrogen and oxygen atoms in total. The molecule has 0 bridgehead atoms. The van der Waals surface area contributed by atoms with E-state index in [2.05, 4.69) is 35.0 Å². The van der Waals surface area contributed by atoms with Crippen molar-refractivity contribution in [2.45, 2.75) is 19.9 Å². The lowest BCUT2D eigenvalue weighted by Gasteiger charge is -2.16. The summed E-state index contributed by atoms with van der Waals surface area (Å²) in [5, 5.41) is 0. The van der Waals surface area contributed by atoms with E-state index in [-0.39, 0.29) is 5.91 Å². The minimum Gasteiger partial charge on any atom is -0.338 e. The van der Waals surface area contributed by atoms with Gasteiger partial charge in [0.15, 0.2) is 0 Å². The number of nitrogens with zero attached hydrogens (tertiary/aromatic N) is 1. The zero-order valence-electron chi connectivity index (χ0n) is 8.74. The minimum absolute atomic E-state index is 0.280. The van der Waals surface area contributed by atoms with Gasteiger partial charge in [0.05, 0.1) is 0 Å². The summed E-state index contributed by atoms with van der Waals surface area (Å²) in [5.41, 5.74) is 1.19. The Bertz CT molecular complexity index is 378. The highest BCUT2D eigenvalue weighted by Crippen LogP contribution is 2.20. The largest absolute Gasteiger partial charge is 0.338 e. The molecular formula is C12H14BrNO. The Kier molecular flexibility index (Phi) is 3.10. The lowest BCUT2D eigenvalue weighted by Crippen LogP contribution is -2.24. The molecule has 1 unspecified atom stereocenters. The fraction of sp³-hybridized carbons (Fsp3) is 0.417. The summed E-state index contributed by atoms with van der Waals surface area (Å²) >= 11 is 3.44. The van der Waals surface area contributed by atoms with E-state index >= 15 is 0 Å². The third kappa shape index (κ3) is 2.59. The highest BCUT2D eigenvalue weighted by atomic mass is 79.9. The number of rotatable bonds is 2. The molecule has 15 heavy (non-hydrogen) atoms. The Morgan fingerprint density at radius 1 is 1.53 bits per heavy atom. The Morgan fingerprint density at radius 2 is 2.33 bits per heavy atom. The fourth-order valence-corrected chi connectivity index (χ4v) is 2.42. The molecule has 1 saturated heterocycles. The van der Waals surface area contributed by atoms with E-state index in [1.54, 1.807) is 0 Å². The maximum Gasteiger partial charge on any atom is 0.223 e. The van der Waals surface area contributed by atoms with Crippen molar-refractivity contribution < 1.29 is 4.79 Å². The van der Waals surface area contributed by atoms with Gasteiger partial charge < -0.3 is 4.90 Å². The number of carbonyl (C=O) groups excluding carboxylic acids is 1. The second-order valence-electron chi connectivity index (χ2n) is 4.21. The van der Waals surface area contributed by atoms with E-state index in [1.807, 2.05) is 17.0 Å². The van der Waals surface area contributed by atoms with Crippen molar-refractivity contribution in [3.8, 4) is 0 Å². The SMILES string of the molecule is CC1CC(=O)N(Cc2cccc(Br)c2)C1. The molecule has 1 heterocycles. The Balaban J connectivity index is 2.06. The first kappa shape index (κ1) is 10.7. The second-order valence-corrected chi connectivity index (χ2v) is 5.13. The van der Waals surface area contributed by atoms with Crippen LogP contribution in [-0.2, 0) is 11.3 Å². The molecule has 3 heteroatoms. The molecule has 1 atom stereocenters. The van der Waals surface area contributed by atoms with Crippen LogP contribution in [-0.4, -0.2) is 17.4 Å². The number of amides is 1. The van der Waals surface area contributed by atoms with Gasteiger partial charge in [-0.1, -0.05) is 35.0 Å². The standard InChI is InChI=1S/C12H14BrNO/c1-9-5-12(15)14(7-9)8-10-3-2-4-11(13)6-10/h2-4,6,9H,5,7-8H2,1H3. The first-order valence-corrected chi connectivity index (χ1v) is 5.96. The van der Waals surface area contributed by atoms with Gasteiger partial charge in [-0.25, -0.2) is 0 Å². The molecule has 80 valence electrons. The zero-order chi connectivity index (χ0) is 10.8. The molecule has 1 aliphatic rings. The van der Waals surface area contributed by atoms with Crippen molar-refractivity contribution in [2.24, 2.45) is 5.92 Å². The normalized spacial score (nSPS) is 21.1. The molecule has 0 aliphatic carbocycles. The topological polar surface area (TPSA) is 20.3 Å². The Morgan fingerprint density at radius 3 is 2.93 bits per heavy atom. The van der Waals surface area contributed by atoms with Crippen molar-refractivity contribution in [3.63, 3.8) is 0 Å². The molecule has 0 radical (unpaired) electrons. The summed E-state index contributed by atoms with van der Waals surface area (Å²) in [5.74, 6) is 0.784. The van der Waals surface area contributed by atoms with Crippen LogP contribution in [0.25, 0.3) is 0 Å².